The van der Waals surface area contributed by atoms with E-state index in [2.05, 4.69) is 10.3 Å². The summed E-state index contributed by atoms with van der Waals surface area (Å²) in [5, 5.41) is 17.7. The average molecular weight is 384 g/mol. The van der Waals surface area contributed by atoms with Crippen molar-refractivity contribution in [3.05, 3.63) is 35.0 Å². The molecular weight excluding hydrogens is 365 g/mol. The fourth-order valence-electron chi connectivity index (χ4n) is 3.41. The van der Waals surface area contributed by atoms with Gasteiger partial charge in [-0.2, -0.15) is 18.3 Å². The monoisotopic (exact) mass is 384 g/mol. The quantitative estimate of drug-likeness (QED) is 0.880. The highest BCUT2D eigenvalue weighted by Crippen LogP contribution is 2.43. The molecular formula is C17H19F3N4O3. The minimum Gasteiger partial charge on any atom is -0.375 e. The van der Waals surface area contributed by atoms with Crippen LogP contribution < -0.4 is 0 Å². The van der Waals surface area contributed by atoms with Crippen LogP contribution in [-0.4, -0.2) is 43.6 Å². The van der Waals surface area contributed by atoms with Gasteiger partial charge in [-0.3, -0.25) is 9.48 Å². The van der Waals surface area contributed by atoms with Gasteiger partial charge in [0.2, 0.25) is 5.60 Å². The number of rotatable bonds is 3. The molecule has 3 heterocycles. The molecule has 2 aliphatic rings. The third-order valence-electron chi connectivity index (χ3n) is 5.17. The van der Waals surface area contributed by atoms with Gasteiger partial charge in [0.15, 0.2) is 5.76 Å². The van der Waals surface area contributed by atoms with Crippen molar-refractivity contribution < 1.29 is 27.6 Å². The van der Waals surface area contributed by atoms with Crippen LogP contribution in [0.2, 0.25) is 0 Å². The van der Waals surface area contributed by atoms with Gasteiger partial charge in [0, 0.05) is 24.2 Å². The van der Waals surface area contributed by atoms with Crippen molar-refractivity contribution in [2.75, 3.05) is 6.54 Å². The number of hydrogen-bond acceptors (Lipinski definition) is 5. The highest BCUT2D eigenvalue weighted by atomic mass is 19.4. The molecule has 1 saturated carbocycles. The number of alkyl halides is 3. The van der Waals surface area contributed by atoms with Crippen molar-refractivity contribution in [2.45, 2.75) is 57.0 Å². The van der Waals surface area contributed by atoms with Crippen molar-refractivity contribution in [1.82, 2.24) is 19.8 Å². The van der Waals surface area contributed by atoms with Crippen LogP contribution in [-0.2, 0) is 12.1 Å². The van der Waals surface area contributed by atoms with Gasteiger partial charge in [-0.25, -0.2) is 0 Å². The summed E-state index contributed by atoms with van der Waals surface area (Å²) < 4.78 is 46.4. The molecule has 0 aromatic carbocycles. The molecule has 1 aliphatic heterocycles. The zero-order valence-electron chi connectivity index (χ0n) is 14.8. The van der Waals surface area contributed by atoms with Crippen molar-refractivity contribution in [1.29, 1.82) is 0 Å². The molecule has 0 saturated heterocycles. The highest BCUT2D eigenvalue weighted by Gasteiger charge is 2.55. The summed E-state index contributed by atoms with van der Waals surface area (Å²) >= 11 is 0. The van der Waals surface area contributed by atoms with Crippen LogP contribution in [0.15, 0.2) is 16.8 Å². The number of fused-ring (bicyclic) bond motifs is 1. The molecule has 1 aliphatic carbocycles. The summed E-state index contributed by atoms with van der Waals surface area (Å²) in [6.07, 6.45) is -1.05. The van der Waals surface area contributed by atoms with Crippen LogP contribution in [0.4, 0.5) is 13.2 Å². The third-order valence-corrected chi connectivity index (χ3v) is 5.17. The lowest BCUT2D eigenvalue weighted by Gasteiger charge is -2.32. The zero-order chi connectivity index (χ0) is 19.6. The van der Waals surface area contributed by atoms with Gasteiger partial charge < -0.3 is 14.5 Å². The first-order valence-corrected chi connectivity index (χ1v) is 8.72. The van der Waals surface area contributed by atoms with Crippen LogP contribution in [0, 0.1) is 0 Å². The maximum Gasteiger partial charge on any atom is 0.422 e. The second kappa shape index (κ2) is 5.82. The van der Waals surface area contributed by atoms with Gasteiger partial charge in [0.05, 0.1) is 12.6 Å². The van der Waals surface area contributed by atoms with E-state index in [-0.39, 0.29) is 30.3 Å². The molecule has 7 nitrogen and oxygen atoms in total. The van der Waals surface area contributed by atoms with Gasteiger partial charge in [0.25, 0.3) is 5.91 Å². The SMILES string of the molecule is C[C@H]1CN(C(=O)c2ccn(C3CC3)n2)Cc2onc([C@@](C)(O)C(F)(F)F)c21. The molecule has 2 aromatic heterocycles. The molecule has 0 spiro atoms. The standard InChI is InChI=1S/C17H19F3N4O3/c1-9-7-23(15(25)11-5-6-24(21-11)10-3-4-10)8-12-13(9)14(22-27-12)16(2,26)17(18,19)20/h5-6,9-10,26H,3-4,7-8H2,1-2H3/t9-,16+/m0/s1. The minimum atomic E-state index is -4.89. The van der Waals surface area contributed by atoms with E-state index in [4.69, 9.17) is 4.52 Å². The first-order valence-electron chi connectivity index (χ1n) is 8.72. The van der Waals surface area contributed by atoms with Gasteiger partial charge in [0.1, 0.15) is 11.4 Å². The predicted octanol–water partition coefficient (Wildman–Crippen LogP) is 2.74. The molecule has 0 unspecified atom stereocenters. The normalized spacial score (nSPS) is 22.4. The maximum absolute atomic E-state index is 13.2. The summed E-state index contributed by atoms with van der Waals surface area (Å²) in [6, 6.07) is 1.99. The lowest BCUT2D eigenvalue weighted by molar-refractivity contribution is -0.261. The smallest absolute Gasteiger partial charge is 0.375 e. The molecule has 1 fully saturated rings. The lowest BCUT2D eigenvalue weighted by atomic mass is 9.87. The molecule has 0 radical (unpaired) electrons. The summed E-state index contributed by atoms with van der Waals surface area (Å²) in [5.74, 6) is -0.631. The lowest BCUT2D eigenvalue weighted by Crippen LogP contribution is -2.42. The molecule has 27 heavy (non-hydrogen) atoms. The molecule has 10 heteroatoms. The van der Waals surface area contributed by atoms with E-state index in [1.807, 2.05) is 0 Å². The molecule has 2 atom stereocenters. The number of halogens is 3. The molecule has 1 N–H and O–H groups in total. The maximum atomic E-state index is 13.2. The fraction of sp³-hybridized carbons (Fsp3) is 0.588. The Bertz CT molecular complexity index is 882. The number of carbonyl (C=O) groups excluding carboxylic acids is 1. The summed E-state index contributed by atoms with van der Waals surface area (Å²) in [7, 11) is 0. The molecule has 2 aromatic rings. The Morgan fingerprint density at radius 1 is 1.37 bits per heavy atom. The first kappa shape index (κ1) is 18.0. The fourth-order valence-corrected chi connectivity index (χ4v) is 3.41. The van der Waals surface area contributed by atoms with E-state index < -0.39 is 23.4 Å². The van der Waals surface area contributed by atoms with Crippen molar-refractivity contribution >= 4 is 5.91 Å². The Hall–Kier alpha value is -2.36. The Morgan fingerprint density at radius 2 is 2.07 bits per heavy atom. The van der Waals surface area contributed by atoms with Gasteiger partial charge in [-0.1, -0.05) is 12.1 Å². The van der Waals surface area contributed by atoms with Crippen molar-refractivity contribution in [3.8, 4) is 0 Å². The van der Waals surface area contributed by atoms with E-state index in [1.165, 1.54) is 4.90 Å². The Kier molecular flexibility index (Phi) is 3.88. The topological polar surface area (TPSA) is 84.4 Å². The largest absolute Gasteiger partial charge is 0.422 e. The number of aromatic nitrogens is 3. The molecule has 4 rings (SSSR count). The van der Waals surface area contributed by atoms with Gasteiger partial charge in [-0.15, -0.1) is 0 Å². The molecule has 0 bridgehead atoms. The van der Waals surface area contributed by atoms with Crippen LogP contribution >= 0.6 is 0 Å². The summed E-state index contributed by atoms with van der Waals surface area (Å²) in [5.41, 5.74) is -3.15. The number of aliphatic hydroxyl groups is 1. The minimum absolute atomic E-state index is 0.0181. The predicted molar refractivity (Wildman–Crippen MR) is 85.8 cm³/mol. The number of nitrogens with zero attached hydrogens (tertiary/aromatic N) is 4. The van der Waals surface area contributed by atoms with Crippen LogP contribution in [0.5, 0.6) is 0 Å². The van der Waals surface area contributed by atoms with E-state index in [1.54, 1.807) is 23.9 Å². The molecule has 1 amide bonds. The molecule has 146 valence electrons. The van der Waals surface area contributed by atoms with Crippen molar-refractivity contribution in [2.24, 2.45) is 0 Å². The van der Waals surface area contributed by atoms with E-state index in [0.29, 0.717) is 18.7 Å². The Morgan fingerprint density at radius 3 is 2.70 bits per heavy atom. The second-order valence-corrected chi connectivity index (χ2v) is 7.44. The Balaban J connectivity index is 1.59. The average Bonchev–Trinajstić information content (AvgIpc) is 3.15. The summed E-state index contributed by atoms with van der Waals surface area (Å²) in [4.78, 5) is 14.2. The van der Waals surface area contributed by atoms with E-state index >= 15 is 0 Å². The van der Waals surface area contributed by atoms with Gasteiger partial charge >= 0.3 is 6.18 Å². The number of hydrogen-bond donors (Lipinski definition) is 1. The number of amides is 1. The van der Waals surface area contributed by atoms with Crippen LogP contribution in [0.3, 0.4) is 0 Å². The Labute approximate surface area is 152 Å². The third kappa shape index (κ3) is 2.91. The van der Waals surface area contributed by atoms with Crippen molar-refractivity contribution in [3.63, 3.8) is 0 Å². The van der Waals surface area contributed by atoms with E-state index in [9.17, 15) is 23.1 Å². The zero-order valence-corrected chi connectivity index (χ0v) is 14.8. The van der Waals surface area contributed by atoms with Gasteiger partial charge in [-0.05, 0) is 25.8 Å². The highest BCUT2D eigenvalue weighted by molar-refractivity contribution is 5.92. The second-order valence-electron chi connectivity index (χ2n) is 7.44. The van der Waals surface area contributed by atoms with Crippen LogP contribution in [0.25, 0.3) is 0 Å². The first-order chi connectivity index (χ1) is 12.6. The summed E-state index contributed by atoms with van der Waals surface area (Å²) in [6.45, 7) is 2.49. The van der Waals surface area contributed by atoms with E-state index in [0.717, 1.165) is 12.8 Å². The van der Waals surface area contributed by atoms with Crippen LogP contribution in [0.1, 0.15) is 66.2 Å². The number of carbonyl (C=O) groups is 1.